The van der Waals surface area contributed by atoms with Crippen molar-refractivity contribution in [3.05, 3.63) is 28.8 Å². The maximum absolute atomic E-state index is 12.2. The van der Waals surface area contributed by atoms with Crippen LogP contribution in [-0.4, -0.2) is 40.9 Å². The van der Waals surface area contributed by atoms with Gasteiger partial charge in [0.1, 0.15) is 0 Å². The van der Waals surface area contributed by atoms with E-state index in [0.29, 0.717) is 18.1 Å². The molecule has 1 heterocycles. The fourth-order valence-corrected chi connectivity index (χ4v) is 2.47. The molecule has 1 unspecified atom stereocenters. The molecule has 1 aliphatic heterocycles. The maximum Gasteiger partial charge on any atom is 0.337 e. The average Bonchev–Trinajstić information content (AvgIpc) is 2.79. The largest absolute Gasteiger partial charge is 0.478 e. The second-order valence-electron chi connectivity index (χ2n) is 4.82. The zero-order valence-corrected chi connectivity index (χ0v) is 12.2. The summed E-state index contributed by atoms with van der Waals surface area (Å²) in [5.74, 6) is -2.07. The fraction of sp³-hybridized carbons (Fsp3) is 0.357. The Labute approximate surface area is 126 Å². The average molecular weight is 311 g/mol. The molecule has 0 spiro atoms. The summed E-state index contributed by atoms with van der Waals surface area (Å²) >= 11 is 5.83. The zero-order chi connectivity index (χ0) is 15.6. The fourth-order valence-electron chi connectivity index (χ4n) is 2.29. The number of halogens is 1. The first-order valence-corrected chi connectivity index (χ1v) is 6.91. The van der Waals surface area contributed by atoms with Crippen LogP contribution < -0.4 is 5.32 Å². The van der Waals surface area contributed by atoms with Crippen LogP contribution in [0.3, 0.4) is 0 Å². The highest BCUT2D eigenvalue weighted by molar-refractivity contribution is 6.31. The van der Waals surface area contributed by atoms with Crippen LogP contribution >= 0.6 is 11.6 Å². The Balaban J connectivity index is 2.15. The highest BCUT2D eigenvalue weighted by Crippen LogP contribution is 2.24. The van der Waals surface area contributed by atoms with E-state index in [2.05, 4.69) is 5.32 Å². The number of benzene rings is 1. The minimum atomic E-state index is -1.15. The van der Waals surface area contributed by atoms with Crippen molar-refractivity contribution in [3.8, 4) is 0 Å². The Bertz CT molecular complexity index is 603. The van der Waals surface area contributed by atoms with E-state index in [-0.39, 0.29) is 29.5 Å². The Hall–Kier alpha value is -2.08. The van der Waals surface area contributed by atoms with Gasteiger partial charge in [-0.05, 0) is 25.1 Å². The number of carboxylic acids is 1. The van der Waals surface area contributed by atoms with Crippen LogP contribution in [0.1, 0.15) is 23.7 Å². The summed E-state index contributed by atoms with van der Waals surface area (Å²) in [4.78, 5) is 36.5. The number of aromatic carboxylic acids is 1. The van der Waals surface area contributed by atoms with E-state index >= 15 is 0 Å². The molecule has 0 aromatic heterocycles. The van der Waals surface area contributed by atoms with E-state index in [0.717, 1.165) is 0 Å². The van der Waals surface area contributed by atoms with Gasteiger partial charge in [-0.25, -0.2) is 4.79 Å². The third-order valence-corrected chi connectivity index (χ3v) is 3.67. The number of nitrogens with one attached hydrogen (secondary N) is 1. The van der Waals surface area contributed by atoms with Crippen LogP contribution in [-0.2, 0) is 9.59 Å². The topological polar surface area (TPSA) is 86.7 Å². The molecule has 0 aliphatic carbocycles. The standard InChI is InChI=1S/C14H15ClN2O4/c1-2-17-7-8(5-12(17)18)13(19)16-11-6-9(15)3-4-10(11)14(20)21/h3-4,6,8H,2,5,7H2,1H3,(H,16,19)(H,20,21). The van der Waals surface area contributed by atoms with E-state index < -0.39 is 11.9 Å². The van der Waals surface area contributed by atoms with Crippen molar-refractivity contribution in [2.45, 2.75) is 13.3 Å². The Morgan fingerprint density at radius 2 is 2.19 bits per heavy atom. The molecule has 0 saturated carbocycles. The zero-order valence-electron chi connectivity index (χ0n) is 11.4. The second-order valence-corrected chi connectivity index (χ2v) is 5.25. The Morgan fingerprint density at radius 1 is 1.48 bits per heavy atom. The summed E-state index contributed by atoms with van der Waals surface area (Å²) in [6, 6.07) is 4.16. The van der Waals surface area contributed by atoms with E-state index in [9.17, 15) is 14.4 Å². The van der Waals surface area contributed by atoms with E-state index in [1.54, 1.807) is 4.90 Å². The number of carboxylic acid groups (broad SMARTS) is 1. The molecule has 0 bridgehead atoms. The molecule has 112 valence electrons. The highest BCUT2D eigenvalue weighted by atomic mass is 35.5. The minimum absolute atomic E-state index is 0.0376. The lowest BCUT2D eigenvalue weighted by atomic mass is 10.1. The van der Waals surface area contributed by atoms with Gasteiger partial charge in [-0.2, -0.15) is 0 Å². The number of carbonyl (C=O) groups is 3. The molecule has 1 aromatic carbocycles. The summed E-state index contributed by atoms with van der Waals surface area (Å²) in [7, 11) is 0. The van der Waals surface area contributed by atoms with Crippen LogP contribution in [0.5, 0.6) is 0 Å². The molecule has 2 amide bonds. The van der Waals surface area contributed by atoms with Crippen molar-refractivity contribution >= 4 is 35.1 Å². The quantitative estimate of drug-likeness (QED) is 0.888. The van der Waals surface area contributed by atoms with Gasteiger partial charge in [0.25, 0.3) is 0 Å². The van der Waals surface area contributed by atoms with E-state index in [1.807, 2.05) is 6.92 Å². The van der Waals surface area contributed by atoms with Crippen molar-refractivity contribution in [2.75, 3.05) is 18.4 Å². The Kier molecular flexibility index (Phi) is 4.47. The lowest BCUT2D eigenvalue weighted by molar-refractivity contribution is -0.128. The molecule has 2 N–H and O–H groups in total. The predicted octanol–water partition coefficient (Wildman–Crippen LogP) is 1.85. The summed E-state index contributed by atoms with van der Waals surface area (Å²) in [6.45, 7) is 2.75. The van der Waals surface area contributed by atoms with Gasteiger partial charge in [0.2, 0.25) is 11.8 Å². The van der Waals surface area contributed by atoms with Crippen molar-refractivity contribution in [2.24, 2.45) is 5.92 Å². The number of nitrogens with zero attached hydrogens (tertiary/aromatic N) is 1. The number of anilines is 1. The van der Waals surface area contributed by atoms with Gasteiger partial charge in [-0.15, -0.1) is 0 Å². The summed E-state index contributed by atoms with van der Waals surface area (Å²) in [6.07, 6.45) is 0.142. The smallest absolute Gasteiger partial charge is 0.337 e. The summed E-state index contributed by atoms with van der Waals surface area (Å²) in [5.41, 5.74) is 0.104. The van der Waals surface area contributed by atoms with Gasteiger partial charge in [0, 0.05) is 24.5 Å². The lowest BCUT2D eigenvalue weighted by Crippen LogP contribution is -2.28. The van der Waals surface area contributed by atoms with E-state index in [1.165, 1.54) is 18.2 Å². The third-order valence-electron chi connectivity index (χ3n) is 3.44. The van der Waals surface area contributed by atoms with Crippen LogP contribution in [0, 0.1) is 5.92 Å². The number of amides is 2. The van der Waals surface area contributed by atoms with Gasteiger partial charge < -0.3 is 15.3 Å². The lowest BCUT2D eigenvalue weighted by Gasteiger charge is -2.14. The molecule has 7 heteroatoms. The molecule has 1 aromatic rings. The summed E-state index contributed by atoms with van der Waals surface area (Å²) < 4.78 is 0. The second kappa shape index (κ2) is 6.13. The SMILES string of the molecule is CCN1CC(C(=O)Nc2cc(Cl)ccc2C(=O)O)CC1=O. The number of hydrogen-bond acceptors (Lipinski definition) is 3. The van der Waals surface area contributed by atoms with Crippen LogP contribution in [0.4, 0.5) is 5.69 Å². The number of rotatable bonds is 4. The predicted molar refractivity (Wildman–Crippen MR) is 77.4 cm³/mol. The molecule has 1 atom stereocenters. The van der Waals surface area contributed by atoms with Crippen molar-refractivity contribution in [3.63, 3.8) is 0 Å². The minimum Gasteiger partial charge on any atom is -0.478 e. The first kappa shape index (κ1) is 15.3. The van der Waals surface area contributed by atoms with Crippen molar-refractivity contribution in [1.82, 2.24) is 4.90 Å². The number of carbonyl (C=O) groups excluding carboxylic acids is 2. The normalized spacial score (nSPS) is 17.9. The van der Waals surface area contributed by atoms with Crippen molar-refractivity contribution < 1.29 is 19.5 Å². The summed E-state index contributed by atoms with van der Waals surface area (Å²) in [5, 5.41) is 12.0. The molecule has 2 rings (SSSR count). The monoisotopic (exact) mass is 310 g/mol. The van der Waals surface area contributed by atoms with Crippen LogP contribution in [0.15, 0.2) is 18.2 Å². The first-order chi connectivity index (χ1) is 9.92. The molecular weight excluding hydrogens is 296 g/mol. The molecule has 0 radical (unpaired) electrons. The molecule has 1 fully saturated rings. The molecule has 6 nitrogen and oxygen atoms in total. The third kappa shape index (κ3) is 3.33. The van der Waals surface area contributed by atoms with Crippen LogP contribution in [0.25, 0.3) is 0 Å². The van der Waals surface area contributed by atoms with E-state index in [4.69, 9.17) is 16.7 Å². The van der Waals surface area contributed by atoms with Gasteiger partial charge in [-0.3, -0.25) is 9.59 Å². The van der Waals surface area contributed by atoms with Gasteiger partial charge in [0.15, 0.2) is 0 Å². The number of hydrogen-bond donors (Lipinski definition) is 2. The van der Waals surface area contributed by atoms with Gasteiger partial charge >= 0.3 is 5.97 Å². The van der Waals surface area contributed by atoms with Crippen LogP contribution in [0.2, 0.25) is 5.02 Å². The molecular formula is C14H15ClN2O4. The highest BCUT2D eigenvalue weighted by Gasteiger charge is 2.33. The van der Waals surface area contributed by atoms with Crippen molar-refractivity contribution in [1.29, 1.82) is 0 Å². The first-order valence-electron chi connectivity index (χ1n) is 6.53. The Morgan fingerprint density at radius 3 is 2.76 bits per heavy atom. The van der Waals surface area contributed by atoms with Gasteiger partial charge in [-0.1, -0.05) is 11.6 Å². The van der Waals surface area contributed by atoms with Gasteiger partial charge in [0.05, 0.1) is 17.2 Å². The molecule has 1 saturated heterocycles. The molecule has 1 aliphatic rings. The number of likely N-dealkylation sites (tertiary alicyclic amines) is 1. The maximum atomic E-state index is 12.2. The molecule has 21 heavy (non-hydrogen) atoms.